The van der Waals surface area contributed by atoms with Crippen molar-refractivity contribution in [1.29, 1.82) is 0 Å². The van der Waals surface area contributed by atoms with E-state index in [2.05, 4.69) is 48.2 Å². The van der Waals surface area contributed by atoms with Crippen molar-refractivity contribution in [2.75, 3.05) is 19.3 Å². The molecule has 3 nitrogen and oxygen atoms in total. The van der Waals surface area contributed by atoms with Crippen molar-refractivity contribution in [3.8, 4) is 0 Å². The van der Waals surface area contributed by atoms with E-state index < -0.39 is 0 Å². The van der Waals surface area contributed by atoms with Crippen molar-refractivity contribution in [3.05, 3.63) is 22.4 Å². The largest absolute Gasteiger partial charge is 0.357 e. The number of nitrogens with zero attached hydrogens (tertiary/aromatic N) is 1. The van der Waals surface area contributed by atoms with Crippen LogP contribution < -0.4 is 10.6 Å². The molecule has 1 aliphatic carbocycles. The van der Waals surface area contributed by atoms with E-state index >= 15 is 0 Å². The van der Waals surface area contributed by atoms with Crippen molar-refractivity contribution >= 4 is 53.0 Å². The highest BCUT2D eigenvalue weighted by atomic mass is 127. The molecular formula is C16H28IN3S2. The molecule has 0 radical (unpaired) electrons. The Morgan fingerprint density at radius 2 is 2.32 bits per heavy atom. The highest BCUT2D eigenvalue weighted by molar-refractivity contribution is 14.0. The van der Waals surface area contributed by atoms with E-state index in [0.29, 0.717) is 12.0 Å². The van der Waals surface area contributed by atoms with Crippen molar-refractivity contribution in [1.82, 2.24) is 10.6 Å². The van der Waals surface area contributed by atoms with Gasteiger partial charge in [0.25, 0.3) is 0 Å². The Morgan fingerprint density at radius 1 is 1.50 bits per heavy atom. The van der Waals surface area contributed by atoms with Crippen LogP contribution in [0.5, 0.6) is 0 Å². The van der Waals surface area contributed by atoms with E-state index in [1.807, 2.05) is 23.1 Å². The standard InChI is InChI=1S/C16H27N3S2.HI/c1-4-17-16(19-13-7-8-14(10-13)20-3)18-11-12(2)15-6-5-9-21-15;/h5-6,9,12-14H,4,7-8,10-11H2,1-3H3,(H2,17,18,19);1H. The van der Waals surface area contributed by atoms with Crippen LogP contribution in [0.15, 0.2) is 22.5 Å². The van der Waals surface area contributed by atoms with E-state index in [0.717, 1.165) is 24.3 Å². The molecular weight excluding hydrogens is 425 g/mol. The van der Waals surface area contributed by atoms with Crippen LogP contribution in [0.2, 0.25) is 0 Å². The predicted molar refractivity (Wildman–Crippen MR) is 112 cm³/mol. The molecule has 1 aromatic rings. The van der Waals surface area contributed by atoms with Crippen molar-refractivity contribution < 1.29 is 0 Å². The molecule has 0 aliphatic heterocycles. The number of hydrogen-bond acceptors (Lipinski definition) is 3. The van der Waals surface area contributed by atoms with Gasteiger partial charge in [-0.2, -0.15) is 11.8 Å². The van der Waals surface area contributed by atoms with Crippen LogP contribution in [-0.4, -0.2) is 36.6 Å². The minimum atomic E-state index is 0. The Labute approximate surface area is 160 Å². The van der Waals surface area contributed by atoms with Gasteiger partial charge in [-0.3, -0.25) is 4.99 Å². The van der Waals surface area contributed by atoms with E-state index in [1.54, 1.807) is 0 Å². The maximum absolute atomic E-state index is 4.78. The van der Waals surface area contributed by atoms with Gasteiger partial charge in [0.15, 0.2) is 5.96 Å². The molecule has 1 aromatic heterocycles. The van der Waals surface area contributed by atoms with Gasteiger partial charge in [0.1, 0.15) is 0 Å². The fraction of sp³-hybridized carbons (Fsp3) is 0.688. The highest BCUT2D eigenvalue weighted by Gasteiger charge is 2.24. The summed E-state index contributed by atoms with van der Waals surface area (Å²) in [5.41, 5.74) is 0. The molecule has 1 heterocycles. The minimum absolute atomic E-state index is 0. The van der Waals surface area contributed by atoms with E-state index in [9.17, 15) is 0 Å². The molecule has 6 heteroatoms. The molecule has 0 amide bonds. The summed E-state index contributed by atoms with van der Waals surface area (Å²) in [4.78, 5) is 6.19. The van der Waals surface area contributed by atoms with Gasteiger partial charge in [-0.1, -0.05) is 13.0 Å². The minimum Gasteiger partial charge on any atom is -0.357 e. The zero-order valence-corrected chi connectivity index (χ0v) is 17.6. The molecule has 0 spiro atoms. The van der Waals surface area contributed by atoms with Crippen LogP contribution in [0.25, 0.3) is 0 Å². The van der Waals surface area contributed by atoms with Crippen molar-refractivity contribution in [3.63, 3.8) is 0 Å². The Morgan fingerprint density at radius 3 is 2.91 bits per heavy atom. The molecule has 0 bridgehead atoms. The Balaban J connectivity index is 0.00000242. The smallest absolute Gasteiger partial charge is 0.191 e. The summed E-state index contributed by atoms with van der Waals surface area (Å²) in [5.74, 6) is 1.47. The van der Waals surface area contributed by atoms with Crippen LogP contribution in [0.1, 0.15) is 43.9 Å². The average Bonchev–Trinajstić information content (AvgIpc) is 3.16. The van der Waals surface area contributed by atoms with Crippen LogP contribution in [0.4, 0.5) is 0 Å². The maximum Gasteiger partial charge on any atom is 0.191 e. The monoisotopic (exact) mass is 453 g/mol. The van der Waals surface area contributed by atoms with Crippen molar-refractivity contribution in [2.24, 2.45) is 4.99 Å². The van der Waals surface area contributed by atoms with E-state index in [4.69, 9.17) is 4.99 Å². The summed E-state index contributed by atoms with van der Waals surface area (Å²) in [7, 11) is 0. The number of thiophene rings is 1. The number of guanidine groups is 1. The van der Waals surface area contributed by atoms with Crippen molar-refractivity contribution in [2.45, 2.75) is 50.3 Å². The third-order valence-electron chi connectivity index (χ3n) is 3.96. The molecule has 2 rings (SSSR count). The summed E-state index contributed by atoms with van der Waals surface area (Å²) in [6.07, 6.45) is 6.06. The normalized spacial score (nSPS) is 23.0. The lowest BCUT2D eigenvalue weighted by atomic mass is 10.1. The van der Waals surface area contributed by atoms with Gasteiger partial charge < -0.3 is 10.6 Å². The first kappa shape index (κ1) is 20.1. The lowest BCUT2D eigenvalue weighted by Gasteiger charge is -2.18. The van der Waals surface area contributed by atoms with E-state index in [-0.39, 0.29) is 24.0 Å². The van der Waals surface area contributed by atoms with E-state index in [1.165, 1.54) is 24.1 Å². The topological polar surface area (TPSA) is 36.4 Å². The second-order valence-corrected chi connectivity index (χ2v) is 7.77. The molecule has 126 valence electrons. The Bertz CT molecular complexity index is 437. The summed E-state index contributed by atoms with van der Waals surface area (Å²) in [6, 6.07) is 4.90. The molecule has 3 atom stereocenters. The molecule has 3 unspecified atom stereocenters. The average molecular weight is 453 g/mol. The summed E-state index contributed by atoms with van der Waals surface area (Å²) >= 11 is 3.81. The lowest BCUT2D eigenvalue weighted by Crippen LogP contribution is -2.42. The van der Waals surface area contributed by atoms with Crippen LogP contribution in [-0.2, 0) is 0 Å². The number of aliphatic imine (C=N–C) groups is 1. The van der Waals surface area contributed by atoms with Gasteiger partial charge in [-0.15, -0.1) is 35.3 Å². The molecule has 0 aromatic carbocycles. The highest BCUT2D eigenvalue weighted by Crippen LogP contribution is 2.28. The number of nitrogens with one attached hydrogen (secondary N) is 2. The summed E-state index contributed by atoms with van der Waals surface area (Å²) in [5, 5.41) is 9.94. The van der Waals surface area contributed by atoms with Gasteiger partial charge in [0.05, 0.1) is 6.54 Å². The predicted octanol–water partition coefficient (Wildman–Crippen LogP) is 4.31. The quantitative estimate of drug-likeness (QED) is 0.383. The third kappa shape index (κ3) is 6.28. The molecule has 2 N–H and O–H groups in total. The zero-order valence-electron chi connectivity index (χ0n) is 13.7. The number of thioether (sulfide) groups is 1. The van der Waals surface area contributed by atoms with Gasteiger partial charge in [0, 0.05) is 28.6 Å². The van der Waals surface area contributed by atoms with Crippen LogP contribution >= 0.6 is 47.1 Å². The van der Waals surface area contributed by atoms with Gasteiger partial charge >= 0.3 is 0 Å². The van der Waals surface area contributed by atoms with Crippen LogP contribution in [0.3, 0.4) is 0 Å². The maximum atomic E-state index is 4.78. The number of hydrogen-bond donors (Lipinski definition) is 2. The lowest BCUT2D eigenvalue weighted by molar-refractivity contribution is 0.613. The first-order valence-corrected chi connectivity index (χ1v) is 10.0. The first-order chi connectivity index (χ1) is 10.2. The SMILES string of the molecule is CCNC(=NCC(C)c1cccs1)NC1CCC(SC)C1.I. The fourth-order valence-corrected chi connectivity index (χ4v) is 4.26. The van der Waals surface area contributed by atoms with Crippen LogP contribution in [0, 0.1) is 0 Å². The number of rotatable bonds is 6. The molecule has 22 heavy (non-hydrogen) atoms. The number of halogens is 1. The molecule has 1 aliphatic rings. The molecule has 1 saturated carbocycles. The second kappa shape index (κ2) is 10.8. The zero-order chi connectivity index (χ0) is 15.1. The summed E-state index contributed by atoms with van der Waals surface area (Å²) in [6.45, 7) is 6.13. The third-order valence-corrected chi connectivity index (χ3v) is 6.15. The Hall–Kier alpha value is 0.0500. The fourth-order valence-electron chi connectivity index (χ4n) is 2.69. The molecule has 0 saturated heterocycles. The molecule has 1 fully saturated rings. The van der Waals surface area contributed by atoms with Gasteiger partial charge in [-0.05, 0) is 43.9 Å². The first-order valence-electron chi connectivity index (χ1n) is 7.84. The van der Waals surface area contributed by atoms with Gasteiger partial charge in [-0.25, -0.2) is 0 Å². The second-order valence-electron chi connectivity index (χ2n) is 5.65. The van der Waals surface area contributed by atoms with Gasteiger partial charge in [0.2, 0.25) is 0 Å². The Kier molecular flexibility index (Phi) is 9.82. The summed E-state index contributed by atoms with van der Waals surface area (Å²) < 4.78 is 0.